The molecule has 0 aliphatic carbocycles. The summed E-state index contributed by atoms with van der Waals surface area (Å²) in [6.07, 6.45) is 0. The summed E-state index contributed by atoms with van der Waals surface area (Å²) in [5.74, 6) is 0.975. The molecule has 0 aliphatic heterocycles. The lowest BCUT2D eigenvalue weighted by Gasteiger charge is -2.31. The van der Waals surface area contributed by atoms with Crippen molar-refractivity contribution in [1.29, 1.82) is 0 Å². The number of hydrogen-bond acceptors (Lipinski definition) is 2. The fraction of sp³-hybridized carbons (Fsp3) is 0.533. The lowest BCUT2D eigenvalue weighted by atomic mass is 9.83. The van der Waals surface area contributed by atoms with Crippen LogP contribution in [0.25, 0.3) is 0 Å². The van der Waals surface area contributed by atoms with Crippen molar-refractivity contribution in [3.8, 4) is 5.75 Å². The van der Waals surface area contributed by atoms with E-state index >= 15 is 0 Å². The maximum atomic E-state index is 12.5. The Balaban J connectivity index is 3.00. The van der Waals surface area contributed by atoms with Gasteiger partial charge in [0.2, 0.25) is 5.91 Å². The normalized spacial score (nSPS) is 11.2. The zero-order valence-corrected chi connectivity index (χ0v) is 12.0. The van der Waals surface area contributed by atoms with Crippen molar-refractivity contribution >= 4 is 5.91 Å². The Labute approximate surface area is 110 Å². The average molecular weight is 249 g/mol. The summed E-state index contributed by atoms with van der Waals surface area (Å²) < 4.78 is 5.14. The van der Waals surface area contributed by atoms with Crippen molar-refractivity contribution in [2.24, 2.45) is 0 Å². The molecule has 0 spiro atoms. The van der Waals surface area contributed by atoms with Crippen molar-refractivity contribution in [3.63, 3.8) is 0 Å². The first-order valence-corrected chi connectivity index (χ1v) is 6.41. The van der Waals surface area contributed by atoms with Crippen LogP contribution in [0, 0.1) is 0 Å². The van der Waals surface area contributed by atoms with E-state index in [1.807, 2.05) is 56.9 Å². The number of carbonyl (C=O) groups excluding carboxylic acids is 1. The van der Waals surface area contributed by atoms with Gasteiger partial charge in [0.1, 0.15) is 5.75 Å². The van der Waals surface area contributed by atoms with Crippen LogP contribution in [0.1, 0.15) is 33.3 Å². The molecule has 0 aliphatic rings. The number of ether oxygens (including phenoxy) is 1. The Morgan fingerprint density at radius 3 is 2.06 bits per heavy atom. The maximum Gasteiger partial charge on any atom is 0.232 e. The summed E-state index contributed by atoms with van der Waals surface area (Å²) >= 11 is 0. The SMILES string of the molecule is CCN(CC)C(=O)C(C)(C)c1ccc(OC)cc1. The Morgan fingerprint density at radius 1 is 1.17 bits per heavy atom. The van der Waals surface area contributed by atoms with Crippen molar-refractivity contribution in [3.05, 3.63) is 29.8 Å². The van der Waals surface area contributed by atoms with Crippen molar-refractivity contribution in [2.75, 3.05) is 20.2 Å². The number of rotatable bonds is 5. The molecule has 0 unspecified atom stereocenters. The van der Waals surface area contributed by atoms with Crippen molar-refractivity contribution in [1.82, 2.24) is 4.90 Å². The van der Waals surface area contributed by atoms with Gasteiger partial charge in [-0.15, -0.1) is 0 Å². The summed E-state index contributed by atoms with van der Waals surface area (Å²) in [6.45, 7) is 9.44. The van der Waals surface area contributed by atoms with Crippen molar-refractivity contribution in [2.45, 2.75) is 33.1 Å². The summed E-state index contributed by atoms with van der Waals surface area (Å²) in [7, 11) is 1.64. The third kappa shape index (κ3) is 2.84. The van der Waals surface area contributed by atoms with E-state index in [1.54, 1.807) is 7.11 Å². The standard InChI is InChI=1S/C15H23NO2/c1-6-16(7-2)14(17)15(3,4)12-8-10-13(18-5)11-9-12/h8-11H,6-7H2,1-5H3. The quantitative estimate of drug-likeness (QED) is 0.803. The average Bonchev–Trinajstić information content (AvgIpc) is 2.40. The second kappa shape index (κ2) is 5.89. The van der Waals surface area contributed by atoms with Crippen LogP contribution < -0.4 is 4.74 Å². The number of hydrogen-bond donors (Lipinski definition) is 0. The van der Waals surface area contributed by atoms with Crippen LogP contribution in [0.4, 0.5) is 0 Å². The van der Waals surface area contributed by atoms with Crippen LogP contribution in [0.15, 0.2) is 24.3 Å². The van der Waals surface area contributed by atoms with E-state index in [2.05, 4.69) is 0 Å². The molecule has 0 bridgehead atoms. The fourth-order valence-electron chi connectivity index (χ4n) is 2.04. The Hall–Kier alpha value is -1.51. The van der Waals surface area contributed by atoms with Crippen LogP contribution in [0.3, 0.4) is 0 Å². The molecule has 3 nitrogen and oxygen atoms in total. The Morgan fingerprint density at radius 2 is 1.67 bits per heavy atom. The van der Waals surface area contributed by atoms with Crippen LogP contribution in [-0.2, 0) is 10.2 Å². The van der Waals surface area contributed by atoms with Gasteiger partial charge in [0, 0.05) is 13.1 Å². The van der Waals surface area contributed by atoms with Gasteiger partial charge in [-0.1, -0.05) is 12.1 Å². The largest absolute Gasteiger partial charge is 0.497 e. The van der Waals surface area contributed by atoms with Gasteiger partial charge in [-0.05, 0) is 45.4 Å². The molecule has 18 heavy (non-hydrogen) atoms. The highest BCUT2D eigenvalue weighted by molar-refractivity contribution is 5.87. The van der Waals surface area contributed by atoms with Gasteiger partial charge in [-0.2, -0.15) is 0 Å². The number of nitrogens with zero attached hydrogens (tertiary/aromatic N) is 1. The maximum absolute atomic E-state index is 12.5. The predicted octanol–water partition coefficient (Wildman–Crippen LogP) is 2.84. The molecule has 1 aromatic carbocycles. The molecule has 0 saturated carbocycles. The lowest BCUT2D eigenvalue weighted by Crippen LogP contribution is -2.43. The highest BCUT2D eigenvalue weighted by Crippen LogP contribution is 2.27. The first kappa shape index (κ1) is 14.6. The molecule has 0 radical (unpaired) electrons. The minimum Gasteiger partial charge on any atom is -0.497 e. The number of methoxy groups -OCH3 is 1. The van der Waals surface area contributed by atoms with Gasteiger partial charge in [0.15, 0.2) is 0 Å². The van der Waals surface area contributed by atoms with Crippen LogP contribution in [-0.4, -0.2) is 31.0 Å². The zero-order chi connectivity index (χ0) is 13.8. The topological polar surface area (TPSA) is 29.5 Å². The van der Waals surface area contributed by atoms with Crippen LogP contribution in [0.2, 0.25) is 0 Å². The monoisotopic (exact) mass is 249 g/mol. The summed E-state index contributed by atoms with van der Waals surface area (Å²) in [4.78, 5) is 14.3. The lowest BCUT2D eigenvalue weighted by molar-refractivity contribution is -0.135. The first-order chi connectivity index (χ1) is 8.47. The smallest absolute Gasteiger partial charge is 0.232 e. The number of likely N-dealkylation sites (N-methyl/N-ethyl adjacent to an activating group) is 1. The van der Waals surface area contributed by atoms with E-state index in [9.17, 15) is 4.79 Å². The highest BCUT2D eigenvalue weighted by atomic mass is 16.5. The van der Waals surface area contributed by atoms with E-state index in [-0.39, 0.29) is 5.91 Å². The summed E-state index contributed by atoms with van der Waals surface area (Å²) in [5, 5.41) is 0. The second-order valence-corrected chi connectivity index (χ2v) is 4.83. The third-order valence-electron chi connectivity index (χ3n) is 3.40. The zero-order valence-electron chi connectivity index (χ0n) is 12.0. The number of amides is 1. The van der Waals surface area contributed by atoms with Crippen LogP contribution in [0.5, 0.6) is 5.75 Å². The molecule has 1 rings (SSSR count). The highest BCUT2D eigenvalue weighted by Gasteiger charge is 2.32. The molecule has 100 valence electrons. The molecule has 0 heterocycles. The molecule has 1 aromatic rings. The number of benzene rings is 1. The summed E-state index contributed by atoms with van der Waals surface area (Å²) in [6, 6.07) is 7.71. The van der Waals surface area contributed by atoms with Gasteiger partial charge >= 0.3 is 0 Å². The third-order valence-corrected chi connectivity index (χ3v) is 3.40. The molecular weight excluding hydrogens is 226 g/mol. The van der Waals surface area contributed by atoms with E-state index in [1.165, 1.54) is 0 Å². The van der Waals surface area contributed by atoms with Crippen molar-refractivity contribution < 1.29 is 9.53 Å². The first-order valence-electron chi connectivity index (χ1n) is 6.41. The number of carbonyl (C=O) groups is 1. The van der Waals surface area contributed by atoms with Gasteiger partial charge < -0.3 is 9.64 Å². The van der Waals surface area contributed by atoms with Crippen LogP contribution >= 0.6 is 0 Å². The molecule has 0 fully saturated rings. The van der Waals surface area contributed by atoms with Gasteiger partial charge in [0.05, 0.1) is 12.5 Å². The Bertz CT molecular complexity index is 391. The molecule has 0 atom stereocenters. The van der Waals surface area contributed by atoms with Gasteiger partial charge in [0.25, 0.3) is 0 Å². The molecule has 0 saturated heterocycles. The van der Waals surface area contributed by atoms with E-state index < -0.39 is 5.41 Å². The minimum atomic E-state index is -0.502. The second-order valence-electron chi connectivity index (χ2n) is 4.83. The fourth-order valence-corrected chi connectivity index (χ4v) is 2.04. The molecule has 1 amide bonds. The van der Waals surface area contributed by atoms with E-state index in [0.717, 1.165) is 24.4 Å². The minimum absolute atomic E-state index is 0.165. The van der Waals surface area contributed by atoms with E-state index in [4.69, 9.17) is 4.74 Å². The van der Waals surface area contributed by atoms with E-state index in [0.29, 0.717) is 0 Å². The molecular formula is C15H23NO2. The van der Waals surface area contributed by atoms with Gasteiger partial charge in [-0.25, -0.2) is 0 Å². The molecule has 3 heteroatoms. The Kier molecular flexibility index (Phi) is 4.76. The molecule has 0 aromatic heterocycles. The predicted molar refractivity (Wildman–Crippen MR) is 73.9 cm³/mol. The summed E-state index contributed by atoms with van der Waals surface area (Å²) in [5.41, 5.74) is 0.512. The molecule has 0 N–H and O–H groups in total. The van der Waals surface area contributed by atoms with Gasteiger partial charge in [-0.3, -0.25) is 4.79 Å².